The van der Waals surface area contributed by atoms with Crippen molar-refractivity contribution in [2.24, 2.45) is 5.92 Å². The van der Waals surface area contributed by atoms with Crippen LogP contribution in [0.25, 0.3) is 10.9 Å². The van der Waals surface area contributed by atoms with Gasteiger partial charge in [-0.1, -0.05) is 12.1 Å². The second-order valence-corrected chi connectivity index (χ2v) is 6.16. The fraction of sp³-hybridized carbons (Fsp3) is 0.471. The average Bonchev–Trinajstić information content (AvgIpc) is 2.58. The number of carbonyl (C=O) groups excluding carboxylic acids is 1. The number of benzene rings is 1. The molecule has 0 saturated heterocycles. The number of aliphatic hydroxyl groups excluding tert-OH is 1. The molecule has 122 valence electrons. The Hall–Kier alpha value is -2.21. The zero-order valence-electron chi connectivity index (χ0n) is 12.9. The van der Waals surface area contributed by atoms with E-state index in [1.165, 1.54) is 10.9 Å². The molecule has 0 bridgehead atoms. The van der Waals surface area contributed by atoms with Gasteiger partial charge >= 0.3 is 0 Å². The molecule has 1 heterocycles. The molecule has 0 unspecified atom stereocenters. The van der Waals surface area contributed by atoms with E-state index in [1.54, 1.807) is 18.2 Å². The molecule has 3 rings (SSSR count). The summed E-state index contributed by atoms with van der Waals surface area (Å²) >= 11 is 0. The zero-order valence-corrected chi connectivity index (χ0v) is 12.9. The van der Waals surface area contributed by atoms with Gasteiger partial charge in [-0.15, -0.1) is 0 Å². The SMILES string of the molecule is O=C(Cn1cnc2ccccc2c1=O)NC1CCC(CO)CC1. The van der Waals surface area contributed by atoms with Gasteiger partial charge in [-0.3, -0.25) is 14.2 Å². The Balaban J connectivity index is 1.64. The van der Waals surface area contributed by atoms with E-state index in [9.17, 15) is 9.59 Å². The summed E-state index contributed by atoms with van der Waals surface area (Å²) < 4.78 is 1.34. The van der Waals surface area contributed by atoms with Crippen LogP contribution in [0.5, 0.6) is 0 Å². The van der Waals surface area contributed by atoms with Crippen molar-refractivity contribution in [3.05, 3.63) is 40.9 Å². The Kier molecular flexibility index (Phi) is 4.71. The van der Waals surface area contributed by atoms with Crippen LogP contribution in [0.4, 0.5) is 0 Å². The van der Waals surface area contributed by atoms with E-state index in [1.807, 2.05) is 6.07 Å². The van der Waals surface area contributed by atoms with Crippen LogP contribution in [-0.4, -0.2) is 33.2 Å². The third-order valence-electron chi connectivity index (χ3n) is 4.52. The van der Waals surface area contributed by atoms with E-state index in [2.05, 4.69) is 10.3 Å². The largest absolute Gasteiger partial charge is 0.396 e. The van der Waals surface area contributed by atoms with Crippen molar-refractivity contribution in [3.63, 3.8) is 0 Å². The van der Waals surface area contributed by atoms with Crippen molar-refractivity contribution in [1.29, 1.82) is 0 Å². The topological polar surface area (TPSA) is 84.2 Å². The first-order valence-corrected chi connectivity index (χ1v) is 8.02. The van der Waals surface area contributed by atoms with Crippen molar-refractivity contribution >= 4 is 16.8 Å². The van der Waals surface area contributed by atoms with Gasteiger partial charge < -0.3 is 10.4 Å². The Labute approximate surface area is 134 Å². The van der Waals surface area contributed by atoms with E-state index in [0.717, 1.165) is 25.7 Å². The highest BCUT2D eigenvalue weighted by Gasteiger charge is 2.22. The Morgan fingerprint density at radius 2 is 2.00 bits per heavy atom. The van der Waals surface area contributed by atoms with Crippen molar-refractivity contribution < 1.29 is 9.90 Å². The predicted octanol–water partition coefficient (Wildman–Crippen LogP) is 1.06. The number of hydrogen-bond donors (Lipinski definition) is 2. The molecule has 1 aromatic carbocycles. The molecule has 0 aliphatic heterocycles. The van der Waals surface area contributed by atoms with Gasteiger partial charge in [0.25, 0.3) is 5.56 Å². The fourth-order valence-electron chi connectivity index (χ4n) is 3.14. The van der Waals surface area contributed by atoms with Gasteiger partial charge in [0, 0.05) is 12.6 Å². The maximum Gasteiger partial charge on any atom is 0.261 e. The summed E-state index contributed by atoms with van der Waals surface area (Å²) in [5, 5.41) is 12.6. The van der Waals surface area contributed by atoms with Gasteiger partial charge in [0.2, 0.25) is 5.91 Å². The summed E-state index contributed by atoms with van der Waals surface area (Å²) in [5.74, 6) is 0.187. The number of aliphatic hydroxyl groups is 1. The second-order valence-electron chi connectivity index (χ2n) is 6.16. The van der Waals surface area contributed by atoms with Crippen LogP contribution in [0.1, 0.15) is 25.7 Å². The van der Waals surface area contributed by atoms with Gasteiger partial charge in [-0.05, 0) is 43.7 Å². The summed E-state index contributed by atoms with van der Waals surface area (Å²) in [6.45, 7) is 0.204. The highest BCUT2D eigenvalue weighted by Crippen LogP contribution is 2.23. The minimum atomic E-state index is -0.199. The van der Waals surface area contributed by atoms with Gasteiger partial charge in [0.1, 0.15) is 6.54 Å². The average molecular weight is 315 g/mol. The number of carbonyl (C=O) groups is 1. The molecule has 1 aliphatic carbocycles. The molecular weight excluding hydrogens is 294 g/mol. The number of nitrogens with one attached hydrogen (secondary N) is 1. The highest BCUT2D eigenvalue weighted by atomic mass is 16.3. The molecule has 6 nitrogen and oxygen atoms in total. The Morgan fingerprint density at radius 3 is 2.74 bits per heavy atom. The first-order valence-electron chi connectivity index (χ1n) is 8.02. The summed E-state index contributed by atoms with van der Waals surface area (Å²) in [6, 6.07) is 7.24. The number of para-hydroxylation sites is 1. The number of amides is 1. The molecule has 2 aromatic rings. The molecule has 0 spiro atoms. The molecule has 6 heteroatoms. The monoisotopic (exact) mass is 315 g/mol. The van der Waals surface area contributed by atoms with Gasteiger partial charge in [0.15, 0.2) is 0 Å². The lowest BCUT2D eigenvalue weighted by atomic mass is 9.86. The zero-order chi connectivity index (χ0) is 16.2. The molecule has 0 atom stereocenters. The number of rotatable bonds is 4. The summed E-state index contributed by atoms with van der Waals surface area (Å²) in [7, 11) is 0. The Morgan fingerprint density at radius 1 is 1.26 bits per heavy atom. The normalized spacial score (nSPS) is 21.3. The minimum absolute atomic E-state index is 0.0173. The van der Waals surface area contributed by atoms with Crippen LogP contribution in [0.15, 0.2) is 35.4 Å². The van der Waals surface area contributed by atoms with E-state index in [0.29, 0.717) is 16.8 Å². The van der Waals surface area contributed by atoms with Crippen molar-refractivity contribution in [2.75, 3.05) is 6.61 Å². The van der Waals surface area contributed by atoms with Crippen LogP contribution >= 0.6 is 0 Å². The lowest BCUT2D eigenvalue weighted by Crippen LogP contribution is -2.41. The van der Waals surface area contributed by atoms with E-state index < -0.39 is 0 Å². The molecular formula is C17H21N3O3. The van der Waals surface area contributed by atoms with Crippen molar-refractivity contribution in [2.45, 2.75) is 38.3 Å². The van der Waals surface area contributed by atoms with Crippen molar-refractivity contribution in [1.82, 2.24) is 14.9 Å². The first kappa shape index (κ1) is 15.7. The number of nitrogens with zero attached hydrogens (tertiary/aromatic N) is 2. The van der Waals surface area contributed by atoms with Crippen LogP contribution in [0.3, 0.4) is 0 Å². The van der Waals surface area contributed by atoms with Crippen LogP contribution < -0.4 is 10.9 Å². The summed E-state index contributed by atoms with van der Waals surface area (Å²) in [4.78, 5) is 28.7. The lowest BCUT2D eigenvalue weighted by molar-refractivity contribution is -0.122. The van der Waals surface area contributed by atoms with Crippen LogP contribution in [0.2, 0.25) is 0 Å². The number of fused-ring (bicyclic) bond motifs is 1. The van der Waals surface area contributed by atoms with Crippen LogP contribution in [-0.2, 0) is 11.3 Å². The standard InChI is InChI=1S/C17H21N3O3/c21-10-12-5-7-13(8-6-12)19-16(22)9-20-11-18-15-4-2-1-3-14(15)17(20)23/h1-4,11-13,21H,5-10H2,(H,19,22). The quantitative estimate of drug-likeness (QED) is 0.884. The van der Waals surface area contributed by atoms with E-state index in [-0.39, 0.29) is 30.7 Å². The van der Waals surface area contributed by atoms with Crippen LogP contribution in [0, 0.1) is 5.92 Å². The molecule has 1 saturated carbocycles. The van der Waals surface area contributed by atoms with E-state index >= 15 is 0 Å². The van der Waals surface area contributed by atoms with Gasteiger partial charge in [0.05, 0.1) is 17.2 Å². The Bertz CT molecular complexity index is 748. The smallest absolute Gasteiger partial charge is 0.261 e. The maximum atomic E-state index is 12.4. The fourth-order valence-corrected chi connectivity index (χ4v) is 3.14. The predicted molar refractivity (Wildman–Crippen MR) is 87.0 cm³/mol. The third kappa shape index (κ3) is 3.59. The molecule has 0 radical (unpaired) electrons. The maximum absolute atomic E-state index is 12.4. The number of hydrogen-bond acceptors (Lipinski definition) is 4. The molecule has 23 heavy (non-hydrogen) atoms. The minimum Gasteiger partial charge on any atom is -0.396 e. The van der Waals surface area contributed by atoms with E-state index in [4.69, 9.17) is 5.11 Å². The van der Waals surface area contributed by atoms with Gasteiger partial charge in [-0.2, -0.15) is 0 Å². The first-order chi connectivity index (χ1) is 11.2. The number of aromatic nitrogens is 2. The molecule has 2 N–H and O–H groups in total. The van der Waals surface area contributed by atoms with Crippen molar-refractivity contribution in [3.8, 4) is 0 Å². The third-order valence-corrected chi connectivity index (χ3v) is 4.52. The second kappa shape index (κ2) is 6.91. The van der Waals surface area contributed by atoms with Gasteiger partial charge in [-0.25, -0.2) is 4.98 Å². The summed E-state index contributed by atoms with van der Waals surface area (Å²) in [5.41, 5.74) is 0.436. The molecule has 1 amide bonds. The summed E-state index contributed by atoms with van der Waals surface area (Å²) in [6.07, 6.45) is 5.04. The lowest BCUT2D eigenvalue weighted by Gasteiger charge is -2.28. The highest BCUT2D eigenvalue weighted by molar-refractivity contribution is 5.79. The molecule has 1 aliphatic rings. The molecule has 1 fully saturated rings. The molecule has 1 aromatic heterocycles.